The first-order chi connectivity index (χ1) is 15.6. The van der Waals surface area contributed by atoms with E-state index >= 15 is 0 Å². The summed E-state index contributed by atoms with van der Waals surface area (Å²) in [7, 11) is 0. The van der Waals surface area contributed by atoms with E-state index in [-0.39, 0.29) is 11.5 Å². The number of halogens is 1. The third kappa shape index (κ3) is 3.04. The summed E-state index contributed by atoms with van der Waals surface area (Å²) in [6.45, 7) is 0.426. The van der Waals surface area contributed by atoms with E-state index in [1.165, 1.54) is 27.2 Å². The van der Waals surface area contributed by atoms with E-state index in [2.05, 4.69) is 26.0 Å². The van der Waals surface area contributed by atoms with E-state index < -0.39 is 0 Å². The van der Waals surface area contributed by atoms with Crippen LogP contribution in [0.1, 0.15) is 11.1 Å². The second kappa shape index (κ2) is 7.47. The molecule has 1 amide bonds. The molecule has 0 saturated heterocycles. The smallest absolute Gasteiger partial charge is 0.291 e. The standard InChI is InChI=1S/C23H13BrN4O2S2/c24-14-8-9-16-15(11-14)18(21(29)27(16)12-13-5-2-1-3-6-13)19-22(30)28-23(32-19)25-20(26-28)17-7-4-10-31-17/h1-11H,12H2/b19-18-. The highest BCUT2D eigenvalue weighted by Crippen LogP contribution is 2.38. The number of benzene rings is 2. The van der Waals surface area contributed by atoms with Crippen LogP contribution in [-0.4, -0.2) is 20.5 Å². The van der Waals surface area contributed by atoms with Gasteiger partial charge in [0.2, 0.25) is 4.96 Å². The van der Waals surface area contributed by atoms with Crippen LogP contribution >= 0.6 is 38.6 Å². The van der Waals surface area contributed by atoms with Crippen LogP contribution in [0.2, 0.25) is 0 Å². The number of carbonyl (C=O) groups excluding carboxylic acids is 1. The number of amides is 1. The molecule has 32 heavy (non-hydrogen) atoms. The van der Waals surface area contributed by atoms with E-state index in [1.807, 2.05) is 66.0 Å². The van der Waals surface area contributed by atoms with Gasteiger partial charge in [0.25, 0.3) is 11.5 Å². The van der Waals surface area contributed by atoms with Gasteiger partial charge in [-0.25, -0.2) is 0 Å². The number of rotatable bonds is 3. The molecule has 1 aliphatic rings. The molecule has 6 rings (SSSR count). The van der Waals surface area contributed by atoms with Gasteiger partial charge in [-0.2, -0.15) is 9.50 Å². The van der Waals surface area contributed by atoms with Gasteiger partial charge >= 0.3 is 0 Å². The highest BCUT2D eigenvalue weighted by Gasteiger charge is 2.34. The lowest BCUT2D eigenvalue weighted by Gasteiger charge is -2.17. The summed E-state index contributed by atoms with van der Waals surface area (Å²) in [5, 5.41) is 6.34. The highest BCUT2D eigenvalue weighted by molar-refractivity contribution is 9.10. The van der Waals surface area contributed by atoms with Crippen LogP contribution < -0.4 is 15.0 Å². The van der Waals surface area contributed by atoms with Crippen molar-refractivity contribution in [2.75, 3.05) is 4.90 Å². The lowest BCUT2D eigenvalue weighted by Crippen LogP contribution is -2.32. The molecular weight excluding hydrogens is 508 g/mol. The molecular formula is C23H13BrN4O2S2. The summed E-state index contributed by atoms with van der Waals surface area (Å²) in [5.74, 6) is 0.327. The Hall–Kier alpha value is -3.14. The maximum atomic E-state index is 13.6. The van der Waals surface area contributed by atoms with E-state index in [4.69, 9.17) is 0 Å². The molecule has 2 aromatic carbocycles. The first-order valence-electron chi connectivity index (χ1n) is 9.73. The fraction of sp³-hybridized carbons (Fsp3) is 0.0435. The Morgan fingerprint density at radius 2 is 1.84 bits per heavy atom. The summed E-state index contributed by atoms with van der Waals surface area (Å²) >= 11 is 6.22. The SMILES string of the molecule is O=C1/C(=c2\sc3nc(-c4cccs4)nn3c2=O)c2cc(Br)ccc2N1Cc1ccccc1. The Kier molecular flexibility index (Phi) is 4.56. The summed E-state index contributed by atoms with van der Waals surface area (Å²) in [6.07, 6.45) is 0. The van der Waals surface area contributed by atoms with Crippen molar-refractivity contribution in [3.8, 4) is 10.7 Å². The van der Waals surface area contributed by atoms with Crippen LogP contribution in [0, 0.1) is 0 Å². The van der Waals surface area contributed by atoms with Gasteiger partial charge < -0.3 is 4.90 Å². The van der Waals surface area contributed by atoms with Crippen molar-refractivity contribution >= 4 is 60.7 Å². The van der Waals surface area contributed by atoms with Gasteiger partial charge in [0, 0.05) is 10.0 Å². The molecule has 0 atom stereocenters. The number of anilines is 1. The van der Waals surface area contributed by atoms with E-state index in [0.29, 0.717) is 27.4 Å². The van der Waals surface area contributed by atoms with Crippen LogP contribution in [0.3, 0.4) is 0 Å². The topological polar surface area (TPSA) is 67.6 Å². The van der Waals surface area contributed by atoms with E-state index in [0.717, 1.165) is 26.2 Å². The lowest BCUT2D eigenvalue weighted by atomic mass is 10.1. The molecule has 0 fully saturated rings. The highest BCUT2D eigenvalue weighted by atomic mass is 79.9. The average molecular weight is 521 g/mol. The quantitative estimate of drug-likeness (QED) is 0.359. The predicted octanol–water partition coefficient (Wildman–Crippen LogP) is 4.11. The molecule has 0 spiro atoms. The van der Waals surface area contributed by atoms with Gasteiger partial charge in [0.1, 0.15) is 4.53 Å². The summed E-state index contributed by atoms with van der Waals surface area (Å²) < 4.78 is 2.50. The van der Waals surface area contributed by atoms with Crippen LogP contribution in [-0.2, 0) is 11.3 Å². The van der Waals surface area contributed by atoms with Crippen molar-refractivity contribution in [2.24, 2.45) is 0 Å². The van der Waals surface area contributed by atoms with Crippen molar-refractivity contribution in [2.45, 2.75) is 6.54 Å². The molecule has 0 saturated carbocycles. The molecule has 0 aliphatic carbocycles. The van der Waals surface area contributed by atoms with E-state index in [1.54, 1.807) is 4.90 Å². The maximum Gasteiger partial charge on any atom is 0.291 e. The zero-order chi connectivity index (χ0) is 21.8. The zero-order valence-electron chi connectivity index (χ0n) is 16.4. The fourth-order valence-corrected chi connectivity index (χ4v) is 5.85. The minimum atomic E-state index is -0.323. The number of nitrogens with zero attached hydrogens (tertiary/aromatic N) is 4. The third-order valence-electron chi connectivity index (χ3n) is 5.29. The van der Waals surface area contributed by atoms with E-state index in [9.17, 15) is 9.59 Å². The fourth-order valence-electron chi connectivity index (χ4n) is 3.84. The molecule has 0 bridgehead atoms. The Bertz CT molecular complexity index is 1610. The third-order valence-corrected chi connectivity index (χ3v) is 7.68. The van der Waals surface area contributed by atoms with Crippen LogP contribution in [0.4, 0.5) is 5.69 Å². The molecule has 0 unspecified atom stereocenters. The Morgan fingerprint density at radius 3 is 2.59 bits per heavy atom. The second-order valence-electron chi connectivity index (χ2n) is 7.26. The van der Waals surface area contributed by atoms with Gasteiger partial charge in [-0.1, -0.05) is 63.7 Å². The number of thiophene rings is 1. The maximum absolute atomic E-state index is 13.6. The molecule has 4 heterocycles. The number of hydrogen-bond donors (Lipinski definition) is 0. The Morgan fingerprint density at radius 1 is 1.00 bits per heavy atom. The number of aromatic nitrogens is 3. The zero-order valence-corrected chi connectivity index (χ0v) is 19.6. The number of hydrogen-bond acceptors (Lipinski definition) is 6. The van der Waals surface area contributed by atoms with Gasteiger partial charge in [-0.15, -0.1) is 16.4 Å². The summed E-state index contributed by atoms with van der Waals surface area (Å²) in [6, 6.07) is 19.3. The predicted molar refractivity (Wildman–Crippen MR) is 130 cm³/mol. The van der Waals surface area contributed by atoms with Gasteiger partial charge in [0.05, 0.1) is 22.7 Å². The average Bonchev–Trinajstić information content (AvgIpc) is 3.55. The molecule has 5 aromatic rings. The van der Waals surface area contributed by atoms with Crippen LogP contribution in [0.25, 0.3) is 21.2 Å². The Labute approximate surface area is 198 Å². The van der Waals surface area contributed by atoms with Crippen molar-refractivity contribution in [1.82, 2.24) is 14.6 Å². The minimum Gasteiger partial charge on any atom is -0.303 e. The molecule has 0 N–H and O–H groups in total. The number of thiazole rings is 1. The largest absolute Gasteiger partial charge is 0.303 e. The molecule has 3 aromatic heterocycles. The molecule has 9 heteroatoms. The van der Waals surface area contributed by atoms with Crippen molar-refractivity contribution in [3.05, 3.63) is 96.5 Å². The minimum absolute atomic E-state index is 0.193. The Balaban J connectivity index is 1.55. The van der Waals surface area contributed by atoms with Crippen molar-refractivity contribution < 1.29 is 4.79 Å². The van der Waals surface area contributed by atoms with Crippen molar-refractivity contribution in [1.29, 1.82) is 0 Å². The van der Waals surface area contributed by atoms with Crippen LogP contribution in [0.5, 0.6) is 0 Å². The molecule has 156 valence electrons. The van der Waals surface area contributed by atoms with Gasteiger partial charge in [-0.05, 0) is 35.2 Å². The van der Waals surface area contributed by atoms with Gasteiger partial charge in [-0.3, -0.25) is 9.59 Å². The molecule has 6 nitrogen and oxygen atoms in total. The summed E-state index contributed by atoms with van der Waals surface area (Å²) in [5.41, 5.74) is 2.62. The lowest BCUT2D eigenvalue weighted by molar-refractivity contribution is -0.113. The van der Waals surface area contributed by atoms with Crippen LogP contribution in [0.15, 0.2) is 75.3 Å². The summed E-state index contributed by atoms with van der Waals surface area (Å²) in [4.78, 5) is 34.5. The first-order valence-corrected chi connectivity index (χ1v) is 12.2. The molecule has 1 aliphatic heterocycles. The second-order valence-corrected chi connectivity index (χ2v) is 10.1. The van der Waals surface area contributed by atoms with Crippen molar-refractivity contribution in [3.63, 3.8) is 0 Å². The monoisotopic (exact) mass is 520 g/mol. The molecule has 0 radical (unpaired) electrons. The first kappa shape index (κ1) is 19.5. The number of fused-ring (bicyclic) bond motifs is 2. The number of carbonyl (C=O) groups is 1. The van der Waals surface area contributed by atoms with Gasteiger partial charge in [0.15, 0.2) is 5.82 Å². The normalized spacial score (nSPS) is 15.0.